The minimum Gasteiger partial charge on any atom is -0.354 e. The Kier molecular flexibility index (Phi) is 6.24. The second kappa shape index (κ2) is 8.67. The van der Waals surface area contributed by atoms with E-state index in [2.05, 4.69) is 20.2 Å². The van der Waals surface area contributed by atoms with E-state index in [0.717, 1.165) is 30.2 Å². The summed E-state index contributed by atoms with van der Waals surface area (Å²) in [5, 5.41) is 3.10. The van der Waals surface area contributed by atoms with Crippen LogP contribution in [0.2, 0.25) is 0 Å². The Bertz CT molecular complexity index is 863. The van der Waals surface area contributed by atoms with Crippen LogP contribution < -0.4 is 10.2 Å². The summed E-state index contributed by atoms with van der Waals surface area (Å²) in [6.07, 6.45) is -4.45. The second-order valence-electron chi connectivity index (χ2n) is 6.96. The molecular formula is C20H24F3N5O. The first kappa shape index (κ1) is 20.9. The van der Waals surface area contributed by atoms with E-state index in [4.69, 9.17) is 0 Å². The minimum absolute atomic E-state index is 0.0406. The Morgan fingerprint density at radius 3 is 2.52 bits per heavy atom. The van der Waals surface area contributed by atoms with Crippen molar-refractivity contribution in [3.8, 4) is 0 Å². The molecule has 29 heavy (non-hydrogen) atoms. The van der Waals surface area contributed by atoms with Gasteiger partial charge in [0.05, 0.1) is 12.0 Å². The van der Waals surface area contributed by atoms with E-state index in [1.165, 1.54) is 6.07 Å². The molecular weight excluding hydrogens is 383 g/mol. The normalized spacial score (nSPS) is 14.8. The Labute approximate surface area is 167 Å². The fraction of sp³-hybridized carbons (Fsp3) is 0.450. The first-order valence-electron chi connectivity index (χ1n) is 9.54. The average molecular weight is 407 g/mol. The molecule has 2 heterocycles. The molecule has 1 aromatic carbocycles. The highest BCUT2D eigenvalue weighted by atomic mass is 19.4. The molecule has 2 aromatic rings. The van der Waals surface area contributed by atoms with Crippen molar-refractivity contribution in [3.63, 3.8) is 0 Å². The molecule has 1 aliphatic heterocycles. The van der Waals surface area contributed by atoms with Gasteiger partial charge in [-0.3, -0.25) is 4.79 Å². The van der Waals surface area contributed by atoms with E-state index < -0.39 is 11.7 Å². The number of carbonyl (C=O) groups excluding carboxylic acids is 1. The zero-order valence-electron chi connectivity index (χ0n) is 16.5. The first-order chi connectivity index (χ1) is 13.8. The van der Waals surface area contributed by atoms with Crippen LogP contribution in [0.4, 0.5) is 24.9 Å². The zero-order chi connectivity index (χ0) is 21.0. The van der Waals surface area contributed by atoms with Gasteiger partial charge in [-0.1, -0.05) is 18.2 Å². The molecule has 1 fully saturated rings. The number of rotatable bonds is 5. The number of benzene rings is 1. The van der Waals surface area contributed by atoms with Crippen LogP contribution in [0, 0.1) is 6.92 Å². The summed E-state index contributed by atoms with van der Waals surface area (Å²) in [7, 11) is 0. The maximum atomic E-state index is 12.9. The third-order valence-electron chi connectivity index (χ3n) is 4.74. The van der Waals surface area contributed by atoms with Gasteiger partial charge in [0.25, 0.3) is 0 Å². The van der Waals surface area contributed by atoms with E-state index in [1.807, 2.05) is 19.9 Å². The van der Waals surface area contributed by atoms with Crippen molar-refractivity contribution in [2.45, 2.75) is 26.4 Å². The van der Waals surface area contributed by atoms with Gasteiger partial charge in [0.2, 0.25) is 11.9 Å². The Balaban J connectivity index is 1.60. The second-order valence-corrected chi connectivity index (χ2v) is 6.96. The lowest BCUT2D eigenvalue weighted by Crippen LogP contribution is -2.49. The number of carbonyl (C=O) groups is 1. The highest BCUT2D eigenvalue weighted by Crippen LogP contribution is 2.29. The van der Waals surface area contributed by atoms with Crippen LogP contribution in [0.15, 0.2) is 30.3 Å². The number of nitrogens with zero attached hydrogens (tertiary/aromatic N) is 4. The van der Waals surface area contributed by atoms with Crippen LogP contribution in [0.1, 0.15) is 23.7 Å². The number of halogens is 3. The molecule has 0 bridgehead atoms. The fourth-order valence-corrected chi connectivity index (χ4v) is 3.28. The van der Waals surface area contributed by atoms with Crippen LogP contribution in [0.25, 0.3) is 0 Å². The summed E-state index contributed by atoms with van der Waals surface area (Å²) in [6, 6.07) is 6.84. The number of piperazine rings is 1. The summed E-state index contributed by atoms with van der Waals surface area (Å²) < 4.78 is 38.6. The van der Waals surface area contributed by atoms with Gasteiger partial charge in [-0.15, -0.1) is 0 Å². The SMILES string of the molecule is CCNc1nc(C)cc(N2CCN(C(=O)Cc3cccc(C(F)(F)F)c3)CC2)n1. The van der Waals surface area contributed by atoms with Crippen molar-refractivity contribution >= 4 is 17.7 Å². The Morgan fingerprint density at radius 2 is 1.86 bits per heavy atom. The average Bonchev–Trinajstić information content (AvgIpc) is 2.67. The molecule has 0 spiro atoms. The van der Waals surface area contributed by atoms with Gasteiger partial charge in [-0.05, 0) is 25.5 Å². The molecule has 156 valence electrons. The number of anilines is 2. The third-order valence-corrected chi connectivity index (χ3v) is 4.74. The van der Waals surface area contributed by atoms with Gasteiger partial charge in [0.1, 0.15) is 5.82 Å². The van der Waals surface area contributed by atoms with Crippen molar-refractivity contribution in [2.24, 2.45) is 0 Å². The van der Waals surface area contributed by atoms with Gasteiger partial charge in [0.15, 0.2) is 0 Å². The highest BCUT2D eigenvalue weighted by molar-refractivity contribution is 5.79. The van der Waals surface area contributed by atoms with Crippen LogP contribution in [0.3, 0.4) is 0 Å². The topological polar surface area (TPSA) is 61.4 Å². The number of hydrogen-bond donors (Lipinski definition) is 1. The number of hydrogen-bond acceptors (Lipinski definition) is 5. The van der Waals surface area contributed by atoms with E-state index in [0.29, 0.717) is 37.7 Å². The zero-order valence-corrected chi connectivity index (χ0v) is 16.5. The molecule has 1 amide bonds. The summed E-state index contributed by atoms with van der Waals surface area (Å²) in [6.45, 7) is 6.81. The molecule has 3 rings (SSSR count). The number of nitrogens with one attached hydrogen (secondary N) is 1. The van der Waals surface area contributed by atoms with Crippen molar-refractivity contribution in [1.29, 1.82) is 0 Å². The summed E-state index contributed by atoms with van der Waals surface area (Å²) in [4.78, 5) is 25.2. The molecule has 0 saturated carbocycles. The Morgan fingerprint density at radius 1 is 1.14 bits per heavy atom. The van der Waals surface area contributed by atoms with Crippen molar-refractivity contribution < 1.29 is 18.0 Å². The van der Waals surface area contributed by atoms with E-state index in [-0.39, 0.29) is 12.3 Å². The van der Waals surface area contributed by atoms with Gasteiger partial charge in [-0.2, -0.15) is 18.2 Å². The van der Waals surface area contributed by atoms with Crippen LogP contribution in [-0.4, -0.2) is 53.5 Å². The molecule has 9 heteroatoms. The smallest absolute Gasteiger partial charge is 0.354 e. The van der Waals surface area contributed by atoms with E-state index in [1.54, 1.807) is 11.0 Å². The number of amides is 1. The molecule has 0 aliphatic carbocycles. The van der Waals surface area contributed by atoms with Gasteiger partial charge < -0.3 is 15.1 Å². The monoisotopic (exact) mass is 407 g/mol. The van der Waals surface area contributed by atoms with Gasteiger partial charge >= 0.3 is 6.18 Å². The summed E-state index contributed by atoms with van der Waals surface area (Å²) in [5.41, 5.74) is 0.492. The molecule has 1 saturated heterocycles. The van der Waals surface area contributed by atoms with Crippen LogP contribution >= 0.6 is 0 Å². The van der Waals surface area contributed by atoms with Crippen LogP contribution in [-0.2, 0) is 17.4 Å². The lowest BCUT2D eigenvalue weighted by Gasteiger charge is -2.35. The molecule has 6 nitrogen and oxygen atoms in total. The highest BCUT2D eigenvalue weighted by Gasteiger charge is 2.30. The molecule has 1 N–H and O–H groups in total. The van der Waals surface area contributed by atoms with Crippen molar-refractivity contribution in [3.05, 3.63) is 47.2 Å². The largest absolute Gasteiger partial charge is 0.416 e. The lowest BCUT2D eigenvalue weighted by molar-refractivity contribution is -0.138. The third kappa shape index (κ3) is 5.36. The minimum atomic E-state index is -4.41. The fourth-order valence-electron chi connectivity index (χ4n) is 3.28. The predicted octanol–water partition coefficient (Wildman–Crippen LogP) is 3.13. The summed E-state index contributed by atoms with van der Waals surface area (Å²) in [5.74, 6) is 1.21. The van der Waals surface area contributed by atoms with E-state index in [9.17, 15) is 18.0 Å². The maximum Gasteiger partial charge on any atom is 0.416 e. The lowest BCUT2D eigenvalue weighted by atomic mass is 10.1. The molecule has 1 aromatic heterocycles. The number of aromatic nitrogens is 2. The quantitative estimate of drug-likeness (QED) is 0.825. The van der Waals surface area contributed by atoms with Crippen molar-refractivity contribution in [2.75, 3.05) is 42.9 Å². The predicted molar refractivity (Wildman–Crippen MR) is 105 cm³/mol. The number of alkyl halides is 3. The molecule has 1 aliphatic rings. The Hall–Kier alpha value is -2.84. The number of aryl methyl sites for hydroxylation is 1. The molecule has 0 radical (unpaired) electrons. The molecule has 0 unspecified atom stereocenters. The first-order valence-corrected chi connectivity index (χ1v) is 9.54. The van der Waals surface area contributed by atoms with Crippen LogP contribution in [0.5, 0.6) is 0 Å². The standard InChI is InChI=1S/C20H24F3N5O/c1-3-24-19-25-14(2)11-17(26-19)27-7-9-28(10-8-27)18(29)13-15-5-4-6-16(12-15)20(21,22)23/h4-6,11-12H,3,7-10,13H2,1-2H3,(H,24,25,26). The van der Waals surface area contributed by atoms with Gasteiger partial charge in [-0.25, -0.2) is 4.98 Å². The molecule has 0 atom stereocenters. The van der Waals surface area contributed by atoms with Crippen molar-refractivity contribution in [1.82, 2.24) is 14.9 Å². The van der Waals surface area contributed by atoms with E-state index >= 15 is 0 Å². The van der Waals surface area contributed by atoms with Gasteiger partial charge in [0, 0.05) is 44.5 Å². The maximum absolute atomic E-state index is 12.9. The summed E-state index contributed by atoms with van der Waals surface area (Å²) >= 11 is 0.